The Bertz CT molecular complexity index is 740. The molecule has 7 nitrogen and oxygen atoms in total. The van der Waals surface area contributed by atoms with Gasteiger partial charge in [-0.15, -0.1) is 16.4 Å². The molecule has 3 heterocycles. The molecular weight excluding hydrogens is 276 g/mol. The van der Waals surface area contributed by atoms with Crippen molar-refractivity contribution in [3.8, 4) is 11.6 Å². The second kappa shape index (κ2) is 4.64. The molecule has 0 amide bonds. The van der Waals surface area contributed by atoms with Gasteiger partial charge >= 0.3 is 0 Å². The summed E-state index contributed by atoms with van der Waals surface area (Å²) in [6, 6.07) is 0. The van der Waals surface area contributed by atoms with Gasteiger partial charge in [-0.05, 0) is 18.9 Å². The maximum Gasteiger partial charge on any atom is 0.251 e. The van der Waals surface area contributed by atoms with E-state index in [1.54, 1.807) is 11.6 Å². The fraction of sp³-hybridized carbons (Fsp3) is 0.250. The highest BCUT2D eigenvalue weighted by Gasteiger charge is 2.27. The van der Waals surface area contributed by atoms with E-state index >= 15 is 0 Å². The van der Waals surface area contributed by atoms with Crippen molar-refractivity contribution in [2.75, 3.05) is 0 Å². The molecule has 0 aromatic carbocycles. The average molecular weight is 286 g/mol. The summed E-state index contributed by atoms with van der Waals surface area (Å²) in [6.07, 6.45) is 5.88. The van der Waals surface area contributed by atoms with Crippen LogP contribution in [0.5, 0.6) is 0 Å². The Morgan fingerprint density at radius 1 is 1.25 bits per heavy atom. The topological polar surface area (TPSA) is 93.4 Å². The van der Waals surface area contributed by atoms with Gasteiger partial charge in [0.05, 0.1) is 11.2 Å². The summed E-state index contributed by atoms with van der Waals surface area (Å²) in [5, 5.41) is 12.9. The van der Waals surface area contributed by atoms with Crippen molar-refractivity contribution in [1.29, 1.82) is 0 Å². The van der Waals surface area contributed by atoms with Crippen LogP contribution in [-0.4, -0.2) is 30.3 Å². The lowest BCUT2D eigenvalue weighted by molar-refractivity contribution is 0.411. The molecular formula is C12H10N6OS. The summed E-state index contributed by atoms with van der Waals surface area (Å²) in [7, 11) is 0. The predicted molar refractivity (Wildman–Crippen MR) is 72.7 cm³/mol. The van der Waals surface area contributed by atoms with Crippen molar-refractivity contribution < 1.29 is 4.52 Å². The highest BCUT2D eigenvalue weighted by Crippen LogP contribution is 2.38. The van der Waals surface area contributed by atoms with E-state index in [1.807, 2.05) is 11.5 Å². The van der Waals surface area contributed by atoms with E-state index in [2.05, 4.69) is 30.3 Å². The molecule has 0 radical (unpaired) electrons. The van der Waals surface area contributed by atoms with Crippen LogP contribution in [0.4, 0.5) is 0 Å². The SMILES string of the molecule is C(=C\c1nc(-c2n[nH]c(C3CC3)n2)no1)/c1cscn1. The maximum absolute atomic E-state index is 5.14. The second-order valence-corrected chi connectivity index (χ2v) is 5.24. The van der Waals surface area contributed by atoms with Gasteiger partial charge in [-0.3, -0.25) is 5.10 Å². The van der Waals surface area contributed by atoms with Gasteiger partial charge in [0.2, 0.25) is 11.6 Å². The molecule has 1 fully saturated rings. The Morgan fingerprint density at radius 3 is 3.00 bits per heavy atom. The Balaban J connectivity index is 1.54. The molecule has 1 aliphatic carbocycles. The average Bonchev–Trinajstić information content (AvgIpc) is 2.92. The third-order valence-corrected chi connectivity index (χ3v) is 3.56. The minimum Gasteiger partial charge on any atom is -0.334 e. The number of nitrogens with one attached hydrogen (secondary N) is 1. The number of rotatable bonds is 4. The number of H-pyrrole nitrogens is 1. The molecule has 0 saturated heterocycles. The van der Waals surface area contributed by atoms with Crippen molar-refractivity contribution in [1.82, 2.24) is 30.3 Å². The van der Waals surface area contributed by atoms with Crippen LogP contribution >= 0.6 is 11.3 Å². The number of thiazole rings is 1. The standard InChI is InChI=1S/C12H10N6OS/c1-2-7(1)10-15-11(17-16-10)12-14-9(19-18-12)4-3-8-5-20-6-13-8/h3-7H,1-2H2,(H,15,16,17)/b4-3+. The highest BCUT2D eigenvalue weighted by molar-refractivity contribution is 7.07. The first kappa shape index (κ1) is 11.5. The van der Waals surface area contributed by atoms with E-state index in [4.69, 9.17) is 4.52 Å². The molecule has 0 unspecified atom stereocenters. The molecule has 8 heteroatoms. The van der Waals surface area contributed by atoms with Gasteiger partial charge in [0.1, 0.15) is 5.82 Å². The third-order valence-electron chi connectivity index (χ3n) is 2.96. The van der Waals surface area contributed by atoms with E-state index in [9.17, 15) is 0 Å². The fourth-order valence-corrected chi connectivity index (χ4v) is 2.29. The largest absolute Gasteiger partial charge is 0.334 e. The first-order valence-corrected chi connectivity index (χ1v) is 7.15. The van der Waals surface area contributed by atoms with Crippen LogP contribution in [0, 0.1) is 0 Å². The van der Waals surface area contributed by atoms with Gasteiger partial charge < -0.3 is 4.52 Å². The number of aromatic nitrogens is 6. The molecule has 100 valence electrons. The van der Waals surface area contributed by atoms with E-state index in [0.717, 1.165) is 11.5 Å². The van der Waals surface area contributed by atoms with Gasteiger partial charge in [0, 0.05) is 17.4 Å². The molecule has 1 saturated carbocycles. The monoisotopic (exact) mass is 286 g/mol. The molecule has 0 spiro atoms. The molecule has 3 aromatic heterocycles. The third kappa shape index (κ3) is 2.25. The summed E-state index contributed by atoms with van der Waals surface area (Å²) >= 11 is 1.53. The molecule has 1 aliphatic rings. The second-order valence-electron chi connectivity index (χ2n) is 4.52. The van der Waals surface area contributed by atoms with E-state index < -0.39 is 0 Å². The van der Waals surface area contributed by atoms with Crippen LogP contribution in [0.2, 0.25) is 0 Å². The van der Waals surface area contributed by atoms with Gasteiger partial charge in [-0.1, -0.05) is 5.16 Å². The van der Waals surface area contributed by atoms with Crippen LogP contribution in [-0.2, 0) is 0 Å². The van der Waals surface area contributed by atoms with Gasteiger partial charge in [-0.25, -0.2) is 9.97 Å². The molecule has 4 rings (SSSR count). The zero-order valence-electron chi connectivity index (χ0n) is 10.4. The van der Waals surface area contributed by atoms with Gasteiger partial charge in [0.15, 0.2) is 0 Å². The number of aromatic amines is 1. The van der Waals surface area contributed by atoms with E-state index in [-0.39, 0.29) is 0 Å². The molecule has 20 heavy (non-hydrogen) atoms. The van der Waals surface area contributed by atoms with Gasteiger partial charge in [0.25, 0.3) is 5.89 Å². The van der Waals surface area contributed by atoms with Crippen molar-refractivity contribution in [3.63, 3.8) is 0 Å². The maximum atomic E-state index is 5.14. The summed E-state index contributed by atoms with van der Waals surface area (Å²) in [6.45, 7) is 0. The van der Waals surface area contributed by atoms with Crippen LogP contribution in [0.3, 0.4) is 0 Å². The minimum atomic E-state index is 0.395. The minimum absolute atomic E-state index is 0.395. The number of nitrogens with zero attached hydrogens (tertiary/aromatic N) is 5. The smallest absolute Gasteiger partial charge is 0.251 e. The Morgan fingerprint density at radius 2 is 2.20 bits per heavy atom. The Labute approximate surface area is 117 Å². The lowest BCUT2D eigenvalue weighted by atomic mass is 10.4. The van der Waals surface area contributed by atoms with E-state index in [0.29, 0.717) is 23.5 Å². The molecule has 1 N–H and O–H groups in total. The quantitative estimate of drug-likeness (QED) is 0.791. The van der Waals surface area contributed by atoms with Crippen molar-refractivity contribution >= 4 is 23.5 Å². The van der Waals surface area contributed by atoms with Gasteiger partial charge in [-0.2, -0.15) is 4.98 Å². The molecule has 0 bridgehead atoms. The summed E-state index contributed by atoms with van der Waals surface area (Å²) in [4.78, 5) is 12.8. The first-order chi connectivity index (χ1) is 9.88. The predicted octanol–water partition coefficient (Wildman–Crippen LogP) is 2.36. The highest BCUT2D eigenvalue weighted by atomic mass is 32.1. The zero-order chi connectivity index (χ0) is 13.4. The lowest BCUT2D eigenvalue weighted by Gasteiger charge is -1.83. The summed E-state index contributed by atoms with van der Waals surface area (Å²) < 4.78 is 5.14. The van der Waals surface area contributed by atoms with Crippen molar-refractivity contribution in [3.05, 3.63) is 28.3 Å². The van der Waals surface area contributed by atoms with Crippen molar-refractivity contribution in [2.45, 2.75) is 18.8 Å². The summed E-state index contributed by atoms with van der Waals surface area (Å²) in [5.41, 5.74) is 2.63. The Hall–Kier alpha value is -2.35. The molecule has 0 atom stereocenters. The normalized spacial score (nSPS) is 15.2. The van der Waals surface area contributed by atoms with Crippen LogP contribution in [0.1, 0.15) is 36.2 Å². The van der Waals surface area contributed by atoms with E-state index in [1.165, 1.54) is 24.2 Å². The van der Waals surface area contributed by atoms with Crippen LogP contribution in [0.15, 0.2) is 15.4 Å². The zero-order valence-corrected chi connectivity index (χ0v) is 11.2. The molecule has 3 aromatic rings. The lowest BCUT2D eigenvalue weighted by Crippen LogP contribution is -1.84. The molecule has 0 aliphatic heterocycles. The van der Waals surface area contributed by atoms with Crippen LogP contribution in [0.25, 0.3) is 23.8 Å². The number of hydrogen-bond acceptors (Lipinski definition) is 7. The van der Waals surface area contributed by atoms with Crippen molar-refractivity contribution in [2.24, 2.45) is 0 Å². The summed E-state index contributed by atoms with van der Waals surface area (Å²) in [5.74, 6) is 2.71. The fourth-order valence-electron chi connectivity index (χ4n) is 1.77. The first-order valence-electron chi connectivity index (χ1n) is 6.21. The van der Waals surface area contributed by atoms with Crippen LogP contribution < -0.4 is 0 Å². The number of hydrogen-bond donors (Lipinski definition) is 1. The Kier molecular flexibility index (Phi) is 2.66.